The number of carbonyl (C=O) groups excluding carboxylic acids is 1. The number of nitrogens with zero attached hydrogens (tertiary/aromatic N) is 3. The van der Waals surface area contributed by atoms with E-state index in [2.05, 4.69) is 15.2 Å². The minimum atomic E-state index is -4.46. The van der Waals surface area contributed by atoms with Crippen LogP contribution < -0.4 is 10.5 Å². The van der Waals surface area contributed by atoms with Crippen LogP contribution in [0.15, 0.2) is 35.7 Å². The number of halogens is 3. The molecular formula is C19H15F3N4O2S. The van der Waals surface area contributed by atoms with E-state index in [0.29, 0.717) is 34.5 Å². The molecular weight excluding hydrogens is 405 g/mol. The fraction of sp³-hybridized carbons (Fsp3) is 0.263. The van der Waals surface area contributed by atoms with E-state index in [-0.39, 0.29) is 11.4 Å². The van der Waals surface area contributed by atoms with Gasteiger partial charge in [-0.3, -0.25) is 4.79 Å². The molecule has 1 saturated carbocycles. The summed E-state index contributed by atoms with van der Waals surface area (Å²) in [7, 11) is 0. The van der Waals surface area contributed by atoms with Crippen LogP contribution in [0.25, 0.3) is 22.0 Å². The lowest BCUT2D eigenvalue weighted by Gasteiger charge is -2.14. The van der Waals surface area contributed by atoms with Gasteiger partial charge in [0.25, 0.3) is 5.91 Å². The highest BCUT2D eigenvalue weighted by Crippen LogP contribution is 2.38. The number of ether oxygens (including phenoxy) is 1. The Morgan fingerprint density at radius 2 is 1.90 bits per heavy atom. The molecule has 1 fully saturated rings. The van der Waals surface area contributed by atoms with Crippen LogP contribution in [-0.2, 0) is 6.18 Å². The number of benzene rings is 1. The molecule has 0 radical (unpaired) electrons. The van der Waals surface area contributed by atoms with Crippen LogP contribution in [0.2, 0.25) is 0 Å². The van der Waals surface area contributed by atoms with Crippen molar-refractivity contribution in [3.8, 4) is 27.7 Å². The lowest BCUT2D eigenvalue weighted by molar-refractivity contribution is -0.137. The summed E-state index contributed by atoms with van der Waals surface area (Å²) in [6, 6.07) is 6.58. The number of nitrogens with two attached hydrogens (primary N) is 1. The molecule has 2 heterocycles. The normalized spacial score (nSPS) is 14.0. The summed E-state index contributed by atoms with van der Waals surface area (Å²) >= 11 is 1.19. The smallest absolute Gasteiger partial charge is 0.416 e. The second-order valence-corrected chi connectivity index (χ2v) is 7.53. The van der Waals surface area contributed by atoms with Gasteiger partial charge in [0.1, 0.15) is 22.1 Å². The van der Waals surface area contributed by atoms with Gasteiger partial charge < -0.3 is 10.5 Å². The third-order valence-corrected chi connectivity index (χ3v) is 5.26. The molecule has 1 aromatic carbocycles. The van der Waals surface area contributed by atoms with E-state index in [4.69, 9.17) is 10.5 Å². The molecule has 1 aliphatic carbocycles. The molecule has 10 heteroatoms. The fourth-order valence-electron chi connectivity index (χ4n) is 2.62. The van der Waals surface area contributed by atoms with Crippen molar-refractivity contribution < 1.29 is 22.7 Å². The molecule has 2 aromatic heterocycles. The number of alkyl halides is 3. The van der Waals surface area contributed by atoms with Gasteiger partial charge in [-0.05, 0) is 49.1 Å². The van der Waals surface area contributed by atoms with E-state index in [1.54, 1.807) is 12.1 Å². The van der Waals surface area contributed by atoms with E-state index in [0.717, 1.165) is 25.0 Å². The van der Waals surface area contributed by atoms with Gasteiger partial charge in [0.2, 0.25) is 0 Å². The Bertz CT molecular complexity index is 1050. The molecule has 4 rings (SSSR count). The Morgan fingerprint density at radius 1 is 1.17 bits per heavy atom. The lowest BCUT2D eigenvalue weighted by Crippen LogP contribution is -2.11. The summed E-state index contributed by atoms with van der Waals surface area (Å²) in [6.07, 6.45) is -2.43. The Kier molecular flexibility index (Phi) is 4.95. The maximum absolute atomic E-state index is 13.1. The molecule has 29 heavy (non-hydrogen) atoms. The van der Waals surface area contributed by atoms with Gasteiger partial charge in [-0.15, -0.1) is 21.5 Å². The van der Waals surface area contributed by atoms with E-state index in [1.807, 2.05) is 0 Å². The highest BCUT2D eigenvalue weighted by molar-refractivity contribution is 7.13. The van der Waals surface area contributed by atoms with E-state index in [9.17, 15) is 18.0 Å². The quantitative estimate of drug-likeness (QED) is 0.646. The molecule has 0 atom stereocenters. The van der Waals surface area contributed by atoms with Crippen molar-refractivity contribution >= 4 is 17.2 Å². The standard InChI is InChI=1S/C19H15F3N4O2S/c20-19(21,22)11-3-4-12(16(7-11)28-8-10-1-2-10)13-5-6-14(26-25-13)18-24-15(9-29-18)17(23)27/h3-7,9-10H,1-2,8H2,(H2,23,27). The van der Waals surface area contributed by atoms with Crippen LogP contribution in [0.1, 0.15) is 28.9 Å². The van der Waals surface area contributed by atoms with E-state index >= 15 is 0 Å². The molecule has 0 bridgehead atoms. The average Bonchev–Trinajstić information content (AvgIpc) is 3.38. The third-order valence-electron chi connectivity index (χ3n) is 4.40. The van der Waals surface area contributed by atoms with Crippen molar-refractivity contribution in [2.75, 3.05) is 6.61 Å². The minimum absolute atomic E-state index is 0.124. The topological polar surface area (TPSA) is 91.0 Å². The number of rotatable bonds is 6. The van der Waals surface area contributed by atoms with Crippen molar-refractivity contribution in [2.45, 2.75) is 19.0 Å². The first-order chi connectivity index (χ1) is 13.8. The van der Waals surface area contributed by atoms with Crippen molar-refractivity contribution in [1.82, 2.24) is 15.2 Å². The van der Waals surface area contributed by atoms with Crippen LogP contribution in [0.4, 0.5) is 13.2 Å². The Balaban J connectivity index is 1.64. The predicted molar refractivity (Wildman–Crippen MR) is 100 cm³/mol. The Hall–Kier alpha value is -3.01. The Morgan fingerprint density at radius 3 is 2.48 bits per heavy atom. The van der Waals surface area contributed by atoms with Crippen LogP contribution in [0, 0.1) is 5.92 Å². The van der Waals surface area contributed by atoms with Crippen molar-refractivity contribution in [3.63, 3.8) is 0 Å². The van der Waals surface area contributed by atoms with Crippen LogP contribution in [0.3, 0.4) is 0 Å². The number of hydrogen-bond donors (Lipinski definition) is 1. The van der Waals surface area contributed by atoms with Crippen molar-refractivity contribution in [2.24, 2.45) is 11.7 Å². The van der Waals surface area contributed by atoms with Crippen LogP contribution >= 0.6 is 11.3 Å². The zero-order valence-corrected chi connectivity index (χ0v) is 15.8. The molecule has 1 amide bonds. The third kappa shape index (κ3) is 4.37. The largest absolute Gasteiger partial charge is 0.493 e. The number of hydrogen-bond acceptors (Lipinski definition) is 6. The van der Waals surface area contributed by atoms with Gasteiger partial charge in [0.15, 0.2) is 0 Å². The van der Waals surface area contributed by atoms with E-state index < -0.39 is 17.6 Å². The molecule has 3 aromatic rings. The SMILES string of the molecule is NC(=O)c1csc(-c2ccc(-c3ccc(C(F)(F)F)cc3OCC3CC3)nn2)n1. The van der Waals surface area contributed by atoms with E-state index in [1.165, 1.54) is 22.8 Å². The summed E-state index contributed by atoms with van der Waals surface area (Å²) in [5.41, 5.74) is 5.78. The van der Waals surface area contributed by atoms with Gasteiger partial charge in [-0.25, -0.2) is 4.98 Å². The van der Waals surface area contributed by atoms with Gasteiger partial charge in [-0.2, -0.15) is 13.2 Å². The maximum atomic E-state index is 13.1. The number of aromatic nitrogens is 3. The fourth-order valence-corrected chi connectivity index (χ4v) is 3.39. The zero-order chi connectivity index (χ0) is 20.6. The summed E-state index contributed by atoms with van der Waals surface area (Å²) in [4.78, 5) is 15.3. The summed E-state index contributed by atoms with van der Waals surface area (Å²) in [5, 5.41) is 10.2. The molecule has 0 spiro atoms. The lowest BCUT2D eigenvalue weighted by atomic mass is 10.1. The monoisotopic (exact) mass is 420 g/mol. The van der Waals surface area contributed by atoms with Crippen molar-refractivity contribution in [3.05, 3.63) is 47.0 Å². The number of thiazole rings is 1. The molecule has 2 N–H and O–H groups in total. The maximum Gasteiger partial charge on any atom is 0.416 e. The summed E-state index contributed by atoms with van der Waals surface area (Å²) in [5.74, 6) is -0.131. The average molecular weight is 420 g/mol. The second-order valence-electron chi connectivity index (χ2n) is 6.67. The van der Waals surface area contributed by atoms with Gasteiger partial charge >= 0.3 is 6.18 Å². The highest BCUT2D eigenvalue weighted by Gasteiger charge is 2.32. The van der Waals surface area contributed by atoms with Gasteiger partial charge in [0.05, 0.1) is 17.9 Å². The first kappa shape index (κ1) is 19.3. The first-order valence-electron chi connectivity index (χ1n) is 8.75. The molecule has 0 saturated heterocycles. The number of primary amides is 1. The van der Waals surface area contributed by atoms with Gasteiger partial charge in [-0.1, -0.05) is 0 Å². The van der Waals surface area contributed by atoms with Crippen LogP contribution in [-0.4, -0.2) is 27.7 Å². The molecule has 0 aliphatic heterocycles. The number of carbonyl (C=O) groups is 1. The Labute approximate surface area is 167 Å². The van der Waals surface area contributed by atoms with Crippen molar-refractivity contribution in [1.29, 1.82) is 0 Å². The molecule has 150 valence electrons. The van der Waals surface area contributed by atoms with Gasteiger partial charge in [0, 0.05) is 10.9 Å². The number of amides is 1. The zero-order valence-electron chi connectivity index (χ0n) is 14.9. The summed E-state index contributed by atoms with van der Waals surface area (Å²) < 4.78 is 44.9. The second kappa shape index (κ2) is 7.43. The highest BCUT2D eigenvalue weighted by atomic mass is 32.1. The molecule has 0 unspecified atom stereocenters. The molecule has 6 nitrogen and oxygen atoms in total. The molecule has 1 aliphatic rings. The first-order valence-corrected chi connectivity index (χ1v) is 9.63. The van der Waals surface area contributed by atoms with Crippen LogP contribution in [0.5, 0.6) is 5.75 Å². The predicted octanol–water partition coefficient (Wildman–Crippen LogP) is 4.17. The summed E-state index contributed by atoms with van der Waals surface area (Å²) in [6.45, 7) is 0.370. The minimum Gasteiger partial charge on any atom is -0.493 e.